The fourth-order valence-electron chi connectivity index (χ4n) is 6.39. The van der Waals surface area contributed by atoms with Crippen molar-refractivity contribution in [3.05, 3.63) is 0 Å². The molecule has 8 nitrogen and oxygen atoms in total. The number of phosphoric ester groups is 1. The van der Waals surface area contributed by atoms with Crippen molar-refractivity contribution in [1.29, 1.82) is 0 Å². The number of quaternary nitrogens is 1. The lowest BCUT2D eigenvalue weighted by atomic mass is 10.0. The van der Waals surface area contributed by atoms with E-state index in [9.17, 15) is 19.4 Å². The maximum Gasteiger partial charge on any atom is 0.268 e. The van der Waals surface area contributed by atoms with Gasteiger partial charge < -0.3 is 28.8 Å². The van der Waals surface area contributed by atoms with Crippen LogP contribution in [0.1, 0.15) is 206 Å². The second-order valence-electron chi connectivity index (χ2n) is 16.1. The molecule has 9 heteroatoms. The van der Waals surface area contributed by atoms with Gasteiger partial charge >= 0.3 is 0 Å². The lowest BCUT2D eigenvalue weighted by Gasteiger charge is -2.30. The molecule has 0 aliphatic rings. The summed E-state index contributed by atoms with van der Waals surface area (Å²) >= 11 is 0. The highest BCUT2D eigenvalue weighted by atomic mass is 31.2. The van der Waals surface area contributed by atoms with Crippen molar-refractivity contribution in [3.63, 3.8) is 0 Å². The van der Waals surface area contributed by atoms with E-state index in [0.29, 0.717) is 23.9 Å². The molecule has 2 N–H and O–H groups in total. The van der Waals surface area contributed by atoms with Crippen LogP contribution < -0.4 is 10.2 Å². The minimum atomic E-state index is -4.55. The third kappa shape index (κ3) is 35.9. The summed E-state index contributed by atoms with van der Waals surface area (Å²) in [6.45, 7) is 4.73. The average Bonchev–Trinajstić information content (AvgIpc) is 3.06. The second-order valence-corrected chi connectivity index (χ2v) is 17.5. The van der Waals surface area contributed by atoms with E-state index in [0.717, 1.165) is 38.5 Å². The molecule has 0 saturated carbocycles. The van der Waals surface area contributed by atoms with Gasteiger partial charge in [0.15, 0.2) is 0 Å². The molecule has 0 aromatic heterocycles. The van der Waals surface area contributed by atoms with E-state index >= 15 is 0 Å². The molecule has 3 atom stereocenters. The zero-order chi connectivity index (χ0) is 37.2. The van der Waals surface area contributed by atoms with Crippen molar-refractivity contribution >= 4 is 13.7 Å². The first-order chi connectivity index (χ1) is 24.0. The van der Waals surface area contributed by atoms with Crippen molar-refractivity contribution in [3.8, 4) is 0 Å². The molecule has 50 heavy (non-hydrogen) atoms. The number of phosphoric acid groups is 1. The van der Waals surface area contributed by atoms with Crippen molar-refractivity contribution in [2.24, 2.45) is 0 Å². The van der Waals surface area contributed by atoms with Crippen LogP contribution in [0.5, 0.6) is 0 Å². The molecule has 1 unspecified atom stereocenters. The van der Waals surface area contributed by atoms with Gasteiger partial charge in [-0.15, -0.1) is 0 Å². The number of nitrogens with zero attached hydrogens (tertiary/aromatic N) is 1. The normalized spacial score (nSPS) is 14.5. The molecule has 0 bridgehead atoms. The van der Waals surface area contributed by atoms with Gasteiger partial charge in [-0.05, 0) is 12.8 Å². The van der Waals surface area contributed by atoms with E-state index in [-0.39, 0.29) is 19.1 Å². The van der Waals surface area contributed by atoms with Gasteiger partial charge in [0.05, 0.1) is 39.9 Å². The summed E-state index contributed by atoms with van der Waals surface area (Å²) in [4.78, 5) is 25.2. The number of carbonyl (C=O) groups is 1. The number of aliphatic hydroxyl groups excluding tert-OH is 1. The largest absolute Gasteiger partial charge is 0.756 e. The average molecular weight is 733 g/mol. The topological polar surface area (TPSA) is 108 Å². The molecule has 0 aliphatic heterocycles. The zero-order valence-corrected chi connectivity index (χ0v) is 34.8. The van der Waals surface area contributed by atoms with Gasteiger partial charge in [-0.3, -0.25) is 9.36 Å². The molecule has 0 fully saturated rings. The van der Waals surface area contributed by atoms with E-state index in [4.69, 9.17) is 9.05 Å². The number of likely N-dealkylation sites (N-methyl/N-ethyl adjacent to an activating group) is 1. The lowest BCUT2D eigenvalue weighted by molar-refractivity contribution is -0.870. The van der Waals surface area contributed by atoms with Crippen LogP contribution in [0.15, 0.2) is 0 Å². The van der Waals surface area contributed by atoms with Crippen molar-refractivity contribution < 1.29 is 32.9 Å². The van der Waals surface area contributed by atoms with E-state index in [1.54, 1.807) is 0 Å². The van der Waals surface area contributed by atoms with Crippen LogP contribution in [0.3, 0.4) is 0 Å². The summed E-state index contributed by atoms with van der Waals surface area (Å²) < 4.78 is 23.2. The summed E-state index contributed by atoms with van der Waals surface area (Å²) in [7, 11) is 1.31. The Bertz CT molecular complexity index is 794. The molecule has 0 aliphatic carbocycles. The Morgan fingerprint density at radius 2 is 0.980 bits per heavy atom. The highest BCUT2D eigenvalue weighted by Crippen LogP contribution is 2.38. The summed E-state index contributed by atoms with van der Waals surface area (Å²) in [5.41, 5.74) is 0. The SMILES string of the molecule is CCCCCCCCCCCCCCCCC[C@@H](O)[C@H](COP(=O)([O-])OCC[N+](C)(C)C)NC(=O)CCCCCCCCCCCCCCC. The molecule has 0 heterocycles. The third-order valence-corrected chi connectivity index (χ3v) is 10.8. The van der Waals surface area contributed by atoms with Crippen LogP contribution in [-0.4, -0.2) is 68.5 Å². The number of unbranched alkanes of at least 4 members (excludes halogenated alkanes) is 26. The minimum Gasteiger partial charge on any atom is -0.756 e. The number of amides is 1. The zero-order valence-electron chi connectivity index (χ0n) is 33.9. The van der Waals surface area contributed by atoms with Crippen LogP contribution in [0.25, 0.3) is 0 Å². The Balaban J connectivity index is 4.37. The third-order valence-electron chi connectivity index (χ3n) is 9.85. The Morgan fingerprint density at radius 3 is 1.36 bits per heavy atom. The van der Waals surface area contributed by atoms with Crippen molar-refractivity contribution in [2.45, 2.75) is 219 Å². The molecule has 0 radical (unpaired) electrons. The van der Waals surface area contributed by atoms with Gasteiger partial charge in [0.25, 0.3) is 7.82 Å². The second kappa shape index (κ2) is 34.3. The fraction of sp³-hybridized carbons (Fsp3) is 0.976. The molecule has 0 rings (SSSR count). The number of carbonyl (C=O) groups excluding carboxylic acids is 1. The number of hydrogen-bond acceptors (Lipinski definition) is 6. The van der Waals surface area contributed by atoms with Crippen LogP contribution in [0.2, 0.25) is 0 Å². The van der Waals surface area contributed by atoms with Crippen LogP contribution in [-0.2, 0) is 18.4 Å². The monoisotopic (exact) mass is 733 g/mol. The number of aliphatic hydroxyl groups is 1. The standard InChI is InChI=1S/C41H85N2O6P/c1-6-8-10-12-14-16-18-20-21-23-24-26-28-30-32-34-40(44)39(38-49-50(46,47)48-37-36-43(3,4)5)42-41(45)35-33-31-29-27-25-22-19-17-15-13-11-9-7-2/h39-40,44H,6-38H2,1-5H3,(H-,42,45,46,47)/t39-,40+/m0/s1. The first kappa shape index (κ1) is 49.5. The Kier molecular flexibility index (Phi) is 33.9. The van der Waals surface area contributed by atoms with Gasteiger partial charge in [0.1, 0.15) is 13.2 Å². The van der Waals surface area contributed by atoms with Crippen molar-refractivity contribution in [2.75, 3.05) is 40.9 Å². The van der Waals surface area contributed by atoms with Gasteiger partial charge in [-0.1, -0.05) is 187 Å². The fourth-order valence-corrected chi connectivity index (χ4v) is 7.12. The molecule has 0 spiro atoms. The first-order valence-corrected chi connectivity index (χ1v) is 22.8. The molecule has 300 valence electrons. The van der Waals surface area contributed by atoms with Crippen molar-refractivity contribution in [1.82, 2.24) is 5.32 Å². The molecule has 0 saturated heterocycles. The van der Waals surface area contributed by atoms with Gasteiger partial charge in [-0.25, -0.2) is 0 Å². The number of nitrogens with one attached hydrogen (secondary N) is 1. The number of rotatable bonds is 39. The Labute approximate surface area is 310 Å². The highest BCUT2D eigenvalue weighted by Gasteiger charge is 2.24. The summed E-state index contributed by atoms with van der Waals surface area (Å²) in [6.07, 6.45) is 35.2. The van der Waals surface area contributed by atoms with E-state index in [2.05, 4.69) is 19.2 Å². The summed E-state index contributed by atoms with van der Waals surface area (Å²) in [6, 6.07) is -0.791. The summed E-state index contributed by atoms with van der Waals surface area (Å²) in [5, 5.41) is 13.9. The van der Waals surface area contributed by atoms with E-state index in [1.807, 2.05) is 21.1 Å². The molecule has 0 aromatic rings. The lowest BCUT2D eigenvalue weighted by Crippen LogP contribution is -2.46. The minimum absolute atomic E-state index is 0.0159. The number of hydrogen-bond donors (Lipinski definition) is 2. The maximum atomic E-state index is 12.8. The molecular formula is C41H85N2O6P. The highest BCUT2D eigenvalue weighted by molar-refractivity contribution is 7.45. The molecule has 1 amide bonds. The maximum absolute atomic E-state index is 12.8. The Morgan fingerprint density at radius 1 is 0.620 bits per heavy atom. The first-order valence-electron chi connectivity index (χ1n) is 21.4. The quantitative estimate of drug-likeness (QED) is 0.0370. The molecular weight excluding hydrogens is 647 g/mol. The van der Waals surface area contributed by atoms with Crippen LogP contribution in [0, 0.1) is 0 Å². The predicted molar refractivity (Wildman–Crippen MR) is 210 cm³/mol. The smallest absolute Gasteiger partial charge is 0.268 e. The van der Waals surface area contributed by atoms with Crippen LogP contribution >= 0.6 is 7.82 Å². The Hall–Kier alpha value is -0.500. The van der Waals surface area contributed by atoms with Gasteiger partial charge in [0.2, 0.25) is 5.91 Å². The molecule has 0 aromatic carbocycles. The van der Waals surface area contributed by atoms with E-state index < -0.39 is 20.0 Å². The van der Waals surface area contributed by atoms with Gasteiger partial charge in [0, 0.05) is 6.42 Å². The van der Waals surface area contributed by atoms with Gasteiger partial charge in [-0.2, -0.15) is 0 Å². The predicted octanol–water partition coefficient (Wildman–Crippen LogP) is 10.8. The van der Waals surface area contributed by atoms with Crippen LogP contribution in [0.4, 0.5) is 0 Å². The van der Waals surface area contributed by atoms with E-state index in [1.165, 1.54) is 141 Å². The summed E-state index contributed by atoms with van der Waals surface area (Å²) in [5.74, 6) is -0.163.